The van der Waals surface area contributed by atoms with E-state index in [2.05, 4.69) is 17.1 Å². The summed E-state index contributed by atoms with van der Waals surface area (Å²) in [5, 5.41) is 3.57. The van der Waals surface area contributed by atoms with E-state index in [1.54, 1.807) is 0 Å². The van der Waals surface area contributed by atoms with Crippen LogP contribution in [0.2, 0.25) is 0 Å². The molecule has 2 saturated heterocycles. The molecule has 0 radical (unpaired) electrons. The third-order valence-corrected chi connectivity index (χ3v) is 4.43. The van der Waals surface area contributed by atoms with Gasteiger partial charge in [-0.3, -0.25) is 0 Å². The standard InChI is InChI=1S/C13H26N2O/c1-3-13(6-4-7-14-10-13)11-15-8-5-12(9-15)16-2/h12,14H,3-11H2,1-2H3. The van der Waals surface area contributed by atoms with Gasteiger partial charge in [0.25, 0.3) is 0 Å². The van der Waals surface area contributed by atoms with E-state index in [1.807, 2.05) is 7.11 Å². The lowest BCUT2D eigenvalue weighted by Crippen LogP contribution is -2.47. The van der Waals surface area contributed by atoms with E-state index in [9.17, 15) is 0 Å². The van der Waals surface area contributed by atoms with E-state index in [4.69, 9.17) is 4.74 Å². The zero-order valence-electron chi connectivity index (χ0n) is 10.8. The zero-order chi connectivity index (χ0) is 11.4. The first kappa shape index (κ1) is 12.3. The molecule has 2 fully saturated rings. The minimum absolute atomic E-state index is 0.477. The SMILES string of the molecule is CCC1(CN2CCC(OC)C2)CCCNC1. The van der Waals surface area contributed by atoms with Gasteiger partial charge in [0.2, 0.25) is 0 Å². The van der Waals surface area contributed by atoms with Crippen LogP contribution < -0.4 is 5.32 Å². The van der Waals surface area contributed by atoms with Gasteiger partial charge in [-0.15, -0.1) is 0 Å². The molecule has 0 amide bonds. The summed E-state index contributed by atoms with van der Waals surface area (Å²) in [6.07, 6.45) is 5.73. The molecule has 0 spiro atoms. The molecule has 2 aliphatic rings. The fraction of sp³-hybridized carbons (Fsp3) is 1.00. The molecule has 2 unspecified atom stereocenters. The van der Waals surface area contributed by atoms with Crippen LogP contribution in [0.15, 0.2) is 0 Å². The smallest absolute Gasteiger partial charge is 0.0710 e. The average Bonchev–Trinajstić information content (AvgIpc) is 2.78. The third-order valence-electron chi connectivity index (χ3n) is 4.43. The van der Waals surface area contributed by atoms with Crippen LogP contribution in [0, 0.1) is 5.41 Å². The highest BCUT2D eigenvalue weighted by Gasteiger charge is 2.34. The first-order valence-corrected chi connectivity index (χ1v) is 6.74. The summed E-state index contributed by atoms with van der Waals surface area (Å²) in [7, 11) is 1.84. The molecule has 1 N–H and O–H groups in total. The van der Waals surface area contributed by atoms with E-state index < -0.39 is 0 Å². The highest BCUT2D eigenvalue weighted by molar-refractivity contribution is 4.89. The number of nitrogens with zero attached hydrogens (tertiary/aromatic N) is 1. The number of hydrogen-bond donors (Lipinski definition) is 1. The molecular formula is C13H26N2O. The van der Waals surface area contributed by atoms with Crippen LogP contribution in [0.5, 0.6) is 0 Å². The number of methoxy groups -OCH3 is 1. The molecule has 2 rings (SSSR count). The summed E-state index contributed by atoms with van der Waals surface area (Å²) < 4.78 is 5.44. The van der Waals surface area contributed by atoms with Crippen molar-refractivity contribution in [3.63, 3.8) is 0 Å². The monoisotopic (exact) mass is 226 g/mol. The lowest BCUT2D eigenvalue weighted by molar-refractivity contribution is 0.0875. The number of hydrogen-bond acceptors (Lipinski definition) is 3. The molecule has 0 saturated carbocycles. The maximum atomic E-state index is 5.44. The van der Waals surface area contributed by atoms with Crippen molar-refractivity contribution in [2.24, 2.45) is 5.41 Å². The van der Waals surface area contributed by atoms with Gasteiger partial charge in [0.1, 0.15) is 0 Å². The Morgan fingerprint density at radius 1 is 1.50 bits per heavy atom. The quantitative estimate of drug-likeness (QED) is 0.786. The molecule has 0 aromatic carbocycles. The first-order valence-electron chi connectivity index (χ1n) is 6.74. The molecule has 94 valence electrons. The van der Waals surface area contributed by atoms with Gasteiger partial charge >= 0.3 is 0 Å². The van der Waals surface area contributed by atoms with Crippen LogP contribution in [0.4, 0.5) is 0 Å². The number of ether oxygens (including phenoxy) is 1. The van der Waals surface area contributed by atoms with Gasteiger partial charge in [-0.05, 0) is 37.6 Å². The molecule has 2 heterocycles. The molecule has 0 bridgehead atoms. The van der Waals surface area contributed by atoms with Gasteiger partial charge in [0, 0.05) is 33.3 Å². The maximum absolute atomic E-state index is 5.44. The van der Waals surface area contributed by atoms with Crippen molar-refractivity contribution in [1.29, 1.82) is 0 Å². The minimum Gasteiger partial charge on any atom is -0.380 e. The second-order valence-electron chi connectivity index (χ2n) is 5.52. The normalized spacial score (nSPS) is 36.8. The van der Waals surface area contributed by atoms with Gasteiger partial charge in [-0.2, -0.15) is 0 Å². The Morgan fingerprint density at radius 3 is 2.94 bits per heavy atom. The van der Waals surface area contributed by atoms with Crippen molar-refractivity contribution in [3.05, 3.63) is 0 Å². The fourth-order valence-electron chi connectivity index (χ4n) is 3.19. The van der Waals surface area contributed by atoms with Crippen LogP contribution in [-0.4, -0.2) is 50.8 Å². The third kappa shape index (κ3) is 2.76. The molecule has 0 aliphatic carbocycles. The average molecular weight is 226 g/mol. The van der Waals surface area contributed by atoms with Gasteiger partial charge in [-0.1, -0.05) is 6.92 Å². The summed E-state index contributed by atoms with van der Waals surface area (Å²) in [4.78, 5) is 2.60. The second-order valence-corrected chi connectivity index (χ2v) is 5.52. The van der Waals surface area contributed by atoms with E-state index >= 15 is 0 Å². The number of rotatable bonds is 4. The molecule has 0 aromatic heterocycles. The highest BCUT2D eigenvalue weighted by Crippen LogP contribution is 2.32. The van der Waals surface area contributed by atoms with E-state index in [-0.39, 0.29) is 0 Å². The van der Waals surface area contributed by atoms with Crippen molar-refractivity contribution < 1.29 is 4.74 Å². The summed E-state index contributed by atoms with van der Waals surface area (Å²) in [6.45, 7) is 8.38. The molecule has 2 atom stereocenters. The summed E-state index contributed by atoms with van der Waals surface area (Å²) in [6, 6.07) is 0. The lowest BCUT2D eigenvalue weighted by Gasteiger charge is -2.40. The lowest BCUT2D eigenvalue weighted by atomic mass is 9.78. The molecule has 3 nitrogen and oxygen atoms in total. The second kappa shape index (κ2) is 5.48. The predicted molar refractivity (Wildman–Crippen MR) is 66.7 cm³/mol. The van der Waals surface area contributed by atoms with Crippen LogP contribution >= 0.6 is 0 Å². The Kier molecular flexibility index (Phi) is 4.22. The Hall–Kier alpha value is -0.120. The molecule has 16 heavy (non-hydrogen) atoms. The topological polar surface area (TPSA) is 24.5 Å². The molecular weight excluding hydrogens is 200 g/mol. The van der Waals surface area contributed by atoms with Gasteiger partial charge in [0.05, 0.1) is 6.10 Å². The van der Waals surface area contributed by atoms with Crippen molar-refractivity contribution in [1.82, 2.24) is 10.2 Å². The first-order chi connectivity index (χ1) is 7.78. The Morgan fingerprint density at radius 2 is 2.38 bits per heavy atom. The zero-order valence-corrected chi connectivity index (χ0v) is 10.8. The minimum atomic E-state index is 0.477. The summed E-state index contributed by atoms with van der Waals surface area (Å²) >= 11 is 0. The predicted octanol–water partition coefficient (Wildman–Crippen LogP) is 1.49. The van der Waals surface area contributed by atoms with Gasteiger partial charge in [0.15, 0.2) is 0 Å². The largest absolute Gasteiger partial charge is 0.380 e. The van der Waals surface area contributed by atoms with Crippen molar-refractivity contribution >= 4 is 0 Å². The van der Waals surface area contributed by atoms with Crippen LogP contribution in [0.1, 0.15) is 32.6 Å². The van der Waals surface area contributed by atoms with Gasteiger partial charge < -0.3 is 15.0 Å². The van der Waals surface area contributed by atoms with E-state index in [0.29, 0.717) is 11.5 Å². The van der Waals surface area contributed by atoms with Crippen LogP contribution in [0.25, 0.3) is 0 Å². The number of likely N-dealkylation sites (tertiary alicyclic amines) is 1. The van der Waals surface area contributed by atoms with E-state index in [0.717, 1.165) is 6.54 Å². The van der Waals surface area contributed by atoms with E-state index in [1.165, 1.54) is 51.9 Å². The van der Waals surface area contributed by atoms with Crippen LogP contribution in [0.3, 0.4) is 0 Å². The maximum Gasteiger partial charge on any atom is 0.0710 e. The highest BCUT2D eigenvalue weighted by atomic mass is 16.5. The Bertz CT molecular complexity index is 214. The summed E-state index contributed by atoms with van der Waals surface area (Å²) in [5.41, 5.74) is 0.529. The van der Waals surface area contributed by atoms with Crippen LogP contribution in [-0.2, 0) is 4.74 Å². The Labute approximate surface area is 99.5 Å². The fourth-order valence-corrected chi connectivity index (χ4v) is 3.19. The molecule has 0 aromatic rings. The van der Waals surface area contributed by atoms with Crippen molar-refractivity contribution in [2.45, 2.75) is 38.7 Å². The van der Waals surface area contributed by atoms with Gasteiger partial charge in [-0.25, -0.2) is 0 Å². The Balaban J connectivity index is 1.86. The molecule has 3 heteroatoms. The number of piperidine rings is 1. The summed E-state index contributed by atoms with van der Waals surface area (Å²) in [5.74, 6) is 0. The number of nitrogens with one attached hydrogen (secondary N) is 1. The van der Waals surface area contributed by atoms with Crippen molar-refractivity contribution in [3.8, 4) is 0 Å². The van der Waals surface area contributed by atoms with Crippen molar-refractivity contribution in [2.75, 3.05) is 39.8 Å². The molecule has 2 aliphatic heterocycles.